The quantitative estimate of drug-likeness (QED) is 0.328. The summed E-state index contributed by atoms with van der Waals surface area (Å²) in [5.41, 5.74) is 7.79. The van der Waals surface area contributed by atoms with Crippen molar-refractivity contribution in [1.82, 2.24) is 16.0 Å². The second kappa shape index (κ2) is 15.0. The van der Waals surface area contributed by atoms with Crippen LogP contribution in [0.15, 0.2) is 24.3 Å². The van der Waals surface area contributed by atoms with Crippen molar-refractivity contribution < 1.29 is 9.59 Å². The van der Waals surface area contributed by atoms with E-state index in [4.69, 9.17) is 5.73 Å². The minimum atomic E-state index is -0.474. The summed E-state index contributed by atoms with van der Waals surface area (Å²) in [6, 6.07) is 7.62. The van der Waals surface area contributed by atoms with Crippen molar-refractivity contribution in [2.24, 2.45) is 11.7 Å². The number of amides is 2. The van der Waals surface area contributed by atoms with Gasteiger partial charge in [-0.25, -0.2) is 0 Å². The Hall–Kier alpha value is -1.92. The van der Waals surface area contributed by atoms with E-state index in [9.17, 15) is 9.59 Å². The fraction of sp³-hybridized carbons (Fsp3) is 0.667. The van der Waals surface area contributed by atoms with Crippen LogP contribution in [-0.4, -0.2) is 37.0 Å². The standard InChI is InChI=1S/C24H42N4O2/c1-18(2)9-5-7-16-27-24(30)22(25)10-6-8-15-26-23(29)21-13-11-20(12-14-21)17-28-19(3)4/h11-14,18-19,22,28H,5-10,15-17,25H2,1-4H3,(H,26,29)(H,27,30)/t22-/m0/s1. The highest BCUT2D eigenvalue weighted by Gasteiger charge is 2.12. The lowest BCUT2D eigenvalue weighted by molar-refractivity contribution is -0.122. The van der Waals surface area contributed by atoms with Gasteiger partial charge in [0.05, 0.1) is 6.04 Å². The zero-order valence-electron chi connectivity index (χ0n) is 19.3. The summed E-state index contributed by atoms with van der Waals surface area (Å²) in [5, 5.41) is 9.21. The molecule has 30 heavy (non-hydrogen) atoms. The molecule has 0 aliphatic heterocycles. The Bertz CT molecular complexity index is 614. The van der Waals surface area contributed by atoms with Crippen molar-refractivity contribution in [2.75, 3.05) is 13.1 Å². The van der Waals surface area contributed by atoms with Crippen molar-refractivity contribution >= 4 is 11.8 Å². The molecule has 2 amide bonds. The van der Waals surface area contributed by atoms with Gasteiger partial charge in [-0.2, -0.15) is 0 Å². The number of rotatable bonds is 15. The van der Waals surface area contributed by atoms with Gasteiger partial charge >= 0.3 is 0 Å². The first kappa shape index (κ1) is 26.1. The van der Waals surface area contributed by atoms with E-state index in [-0.39, 0.29) is 11.8 Å². The lowest BCUT2D eigenvalue weighted by atomic mass is 10.1. The van der Waals surface area contributed by atoms with Crippen LogP contribution in [0.4, 0.5) is 0 Å². The van der Waals surface area contributed by atoms with E-state index < -0.39 is 6.04 Å². The summed E-state index contributed by atoms with van der Waals surface area (Å²) >= 11 is 0. The molecule has 0 heterocycles. The molecule has 1 rings (SSSR count). The monoisotopic (exact) mass is 418 g/mol. The highest BCUT2D eigenvalue weighted by Crippen LogP contribution is 2.06. The van der Waals surface area contributed by atoms with Crippen LogP contribution in [0.25, 0.3) is 0 Å². The maximum absolute atomic E-state index is 12.2. The summed E-state index contributed by atoms with van der Waals surface area (Å²) in [4.78, 5) is 24.2. The van der Waals surface area contributed by atoms with Crippen LogP contribution in [0.5, 0.6) is 0 Å². The van der Waals surface area contributed by atoms with Crippen LogP contribution in [0.1, 0.15) is 82.1 Å². The van der Waals surface area contributed by atoms with E-state index in [0.717, 1.165) is 37.8 Å². The predicted molar refractivity (Wildman–Crippen MR) is 124 cm³/mol. The van der Waals surface area contributed by atoms with Gasteiger partial charge in [0.25, 0.3) is 5.91 Å². The van der Waals surface area contributed by atoms with Crippen LogP contribution < -0.4 is 21.7 Å². The van der Waals surface area contributed by atoms with Crippen molar-refractivity contribution in [2.45, 2.75) is 84.8 Å². The fourth-order valence-corrected chi connectivity index (χ4v) is 3.04. The molecule has 6 nitrogen and oxygen atoms in total. The van der Waals surface area contributed by atoms with Gasteiger partial charge in [-0.3, -0.25) is 9.59 Å². The number of carbonyl (C=O) groups excluding carboxylic acids is 2. The topological polar surface area (TPSA) is 96.2 Å². The van der Waals surface area contributed by atoms with Crippen molar-refractivity contribution in [3.8, 4) is 0 Å². The van der Waals surface area contributed by atoms with Gasteiger partial charge in [0.15, 0.2) is 0 Å². The Morgan fingerprint density at radius 3 is 2.07 bits per heavy atom. The Morgan fingerprint density at radius 1 is 0.867 bits per heavy atom. The van der Waals surface area contributed by atoms with E-state index in [1.807, 2.05) is 24.3 Å². The third-order valence-electron chi connectivity index (χ3n) is 5.00. The second-order valence-corrected chi connectivity index (χ2v) is 8.77. The highest BCUT2D eigenvalue weighted by molar-refractivity contribution is 5.94. The van der Waals surface area contributed by atoms with E-state index in [2.05, 4.69) is 43.6 Å². The molecule has 0 spiro atoms. The van der Waals surface area contributed by atoms with E-state index >= 15 is 0 Å². The molecule has 0 aliphatic carbocycles. The lowest BCUT2D eigenvalue weighted by Crippen LogP contribution is -2.41. The molecule has 0 radical (unpaired) electrons. The van der Waals surface area contributed by atoms with E-state index in [0.29, 0.717) is 37.0 Å². The van der Waals surface area contributed by atoms with Crippen molar-refractivity contribution in [3.63, 3.8) is 0 Å². The molecule has 0 saturated carbocycles. The third-order valence-corrected chi connectivity index (χ3v) is 5.00. The minimum absolute atomic E-state index is 0.0678. The van der Waals surface area contributed by atoms with Gasteiger partial charge in [-0.1, -0.05) is 52.7 Å². The van der Waals surface area contributed by atoms with Gasteiger partial charge in [0, 0.05) is 31.2 Å². The van der Waals surface area contributed by atoms with Gasteiger partial charge in [-0.15, -0.1) is 0 Å². The molecule has 1 aromatic carbocycles. The predicted octanol–water partition coefficient (Wildman–Crippen LogP) is 3.35. The third kappa shape index (κ3) is 11.9. The molecule has 0 bridgehead atoms. The molecule has 1 aromatic rings. The SMILES string of the molecule is CC(C)CCCCNC(=O)[C@@H](N)CCCCNC(=O)c1ccc(CNC(C)C)cc1. The average molecular weight is 419 g/mol. The molecule has 0 saturated heterocycles. The molecule has 0 unspecified atom stereocenters. The number of nitrogens with two attached hydrogens (primary N) is 1. The zero-order chi connectivity index (χ0) is 22.4. The number of nitrogens with one attached hydrogen (secondary N) is 3. The van der Waals surface area contributed by atoms with Gasteiger partial charge < -0.3 is 21.7 Å². The number of benzene rings is 1. The first-order valence-corrected chi connectivity index (χ1v) is 11.4. The van der Waals surface area contributed by atoms with Gasteiger partial charge in [0.2, 0.25) is 5.91 Å². The number of hydrogen-bond donors (Lipinski definition) is 4. The van der Waals surface area contributed by atoms with E-state index in [1.165, 1.54) is 6.42 Å². The maximum atomic E-state index is 12.2. The van der Waals surface area contributed by atoms with Crippen molar-refractivity contribution in [1.29, 1.82) is 0 Å². The summed E-state index contributed by atoms with van der Waals surface area (Å²) in [6.07, 6.45) is 5.56. The van der Waals surface area contributed by atoms with Crippen LogP contribution in [0.3, 0.4) is 0 Å². The zero-order valence-corrected chi connectivity index (χ0v) is 19.3. The molecule has 6 heteroatoms. The number of hydrogen-bond acceptors (Lipinski definition) is 4. The summed E-state index contributed by atoms with van der Waals surface area (Å²) in [5.74, 6) is 0.562. The Balaban J connectivity index is 2.14. The molecule has 170 valence electrons. The second-order valence-electron chi connectivity index (χ2n) is 8.77. The maximum Gasteiger partial charge on any atom is 0.251 e. The summed E-state index contributed by atoms with van der Waals surface area (Å²) in [7, 11) is 0. The van der Waals surface area contributed by atoms with E-state index in [1.54, 1.807) is 0 Å². The average Bonchev–Trinajstić information content (AvgIpc) is 2.71. The largest absolute Gasteiger partial charge is 0.355 e. The Labute approximate surface area is 182 Å². The molecule has 0 aromatic heterocycles. The Morgan fingerprint density at radius 2 is 1.47 bits per heavy atom. The molecule has 0 aliphatic rings. The first-order chi connectivity index (χ1) is 14.3. The molecule has 1 atom stereocenters. The lowest BCUT2D eigenvalue weighted by Gasteiger charge is -2.13. The van der Waals surface area contributed by atoms with Crippen LogP contribution in [0, 0.1) is 5.92 Å². The van der Waals surface area contributed by atoms with Crippen LogP contribution in [-0.2, 0) is 11.3 Å². The molecule has 5 N–H and O–H groups in total. The van der Waals surface area contributed by atoms with Crippen molar-refractivity contribution in [3.05, 3.63) is 35.4 Å². The summed E-state index contributed by atoms with van der Waals surface area (Å²) < 4.78 is 0. The molecule has 0 fully saturated rings. The minimum Gasteiger partial charge on any atom is -0.355 e. The normalized spacial score (nSPS) is 12.2. The van der Waals surface area contributed by atoms with Gasteiger partial charge in [-0.05, 0) is 49.3 Å². The molecular formula is C24H42N4O2. The number of unbranched alkanes of at least 4 members (excludes halogenated alkanes) is 2. The fourth-order valence-electron chi connectivity index (χ4n) is 3.04. The summed E-state index contributed by atoms with van der Waals surface area (Å²) in [6.45, 7) is 10.7. The molecular weight excluding hydrogens is 376 g/mol. The first-order valence-electron chi connectivity index (χ1n) is 11.4. The van der Waals surface area contributed by atoms with Crippen LogP contribution >= 0.6 is 0 Å². The highest BCUT2D eigenvalue weighted by atomic mass is 16.2. The smallest absolute Gasteiger partial charge is 0.251 e. The van der Waals surface area contributed by atoms with Gasteiger partial charge in [0.1, 0.15) is 0 Å². The number of carbonyl (C=O) groups is 2. The Kier molecular flexibility index (Phi) is 13.0. The van der Waals surface area contributed by atoms with Crippen LogP contribution in [0.2, 0.25) is 0 Å².